The van der Waals surface area contributed by atoms with E-state index in [1.165, 1.54) is 0 Å². The number of fused-ring (bicyclic) bond motifs is 1. The van der Waals surface area contributed by atoms with Crippen molar-refractivity contribution in [3.05, 3.63) is 63.9 Å². The molecule has 2 aromatic carbocycles. The number of hydrogen-bond acceptors (Lipinski definition) is 6. The molecule has 3 heterocycles. The highest BCUT2D eigenvalue weighted by atomic mass is 35.5. The van der Waals surface area contributed by atoms with Crippen molar-refractivity contribution in [1.29, 1.82) is 0 Å². The molecule has 35 heavy (non-hydrogen) atoms. The minimum Gasteiger partial charge on any atom is -0.368 e. The van der Waals surface area contributed by atoms with Gasteiger partial charge in [0.1, 0.15) is 6.54 Å². The van der Waals surface area contributed by atoms with Gasteiger partial charge in [-0.2, -0.15) is 4.98 Å². The van der Waals surface area contributed by atoms with Crippen LogP contribution in [0.1, 0.15) is 25.8 Å². The van der Waals surface area contributed by atoms with E-state index in [4.69, 9.17) is 16.1 Å². The fraction of sp³-hybridized carbons (Fsp3) is 0.360. The van der Waals surface area contributed by atoms with Gasteiger partial charge in [-0.3, -0.25) is 13.9 Å². The zero-order valence-corrected chi connectivity index (χ0v) is 20.7. The number of piperazine rings is 1. The number of imidazole rings is 1. The summed E-state index contributed by atoms with van der Waals surface area (Å²) in [7, 11) is 0. The molecule has 0 aliphatic carbocycles. The molecule has 1 fully saturated rings. The van der Waals surface area contributed by atoms with Crippen LogP contribution in [0.2, 0.25) is 5.02 Å². The van der Waals surface area contributed by atoms with Gasteiger partial charge in [-0.05, 0) is 56.3 Å². The van der Waals surface area contributed by atoms with Crippen molar-refractivity contribution in [2.24, 2.45) is 0 Å². The maximum atomic E-state index is 13.4. The number of carbonyl (C=O) groups excluding carboxylic acids is 1. The Kier molecular flexibility index (Phi) is 6.10. The topological polar surface area (TPSA) is 89.4 Å². The second-order valence-corrected chi connectivity index (χ2v) is 9.45. The van der Waals surface area contributed by atoms with Crippen LogP contribution in [0.3, 0.4) is 0 Å². The monoisotopic (exact) mass is 494 g/mol. The number of carbonyl (C=O) groups is 1. The highest BCUT2D eigenvalue weighted by Crippen LogP contribution is 2.25. The number of aromatic nitrogens is 4. The summed E-state index contributed by atoms with van der Waals surface area (Å²) in [5.41, 5.74) is 3.06. The average molecular weight is 495 g/mol. The number of halogens is 1. The molecule has 10 heteroatoms. The van der Waals surface area contributed by atoms with Crippen LogP contribution in [0, 0.1) is 6.92 Å². The van der Waals surface area contributed by atoms with E-state index in [-0.39, 0.29) is 24.2 Å². The molecule has 1 amide bonds. The van der Waals surface area contributed by atoms with Crippen LogP contribution in [0.5, 0.6) is 0 Å². The van der Waals surface area contributed by atoms with E-state index in [0.29, 0.717) is 35.3 Å². The van der Waals surface area contributed by atoms with Gasteiger partial charge >= 0.3 is 5.69 Å². The predicted octanol–water partition coefficient (Wildman–Crippen LogP) is 3.74. The Labute approximate surface area is 207 Å². The van der Waals surface area contributed by atoms with Gasteiger partial charge in [-0.15, -0.1) is 0 Å². The lowest BCUT2D eigenvalue weighted by Crippen LogP contribution is -2.50. The second kappa shape index (κ2) is 9.22. The van der Waals surface area contributed by atoms with Gasteiger partial charge in [0.2, 0.25) is 17.6 Å². The van der Waals surface area contributed by atoms with Crippen LogP contribution in [0.15, 0.2) is 51.8 Å². The first-order valence-electron chi connectivity index (χ1n) is 11.7. The van der Waals surface area contributed by atoms with E-state index in [0.717, 1.165) is 29.9 Å². The summed E-state index contributed by atoms with van der Waals surface area (Å²) in [6.07, 6.45) is 0. The largest absolute Gasteiger partial charge is 0.368 e. The normalized spacial score (nSPS) is 14.3. The number of hydrogen-bond donors (Lipinski definition) is 0. The first-order chi connectivity index (χ1) is 16.8. The molecular weight excluding hydrogens is 468 g/mol. The molecule has 4 aromatic rings. The summed E-state index contributed by atoms with van der Waals surface area (Å²) in [4.78, 5) is 35.0. The second-order valence-electron chi connectivity index (χ2n) is 9.02. The van der Waals surface area contributed by atoms with Crippen molar-refractivity contribution in [3.8, 4) is 11.4 Å². The van der Waals surface area contributed by atoms with E-state index in [1.54, 1.807) is 16.1 Å². The van der Waals surface area contributed by atoms with Crippen molar-refractivity contribution in [3.63, 3.8) is 0 Å². The average Bonchev–Trinajstić information content (AvgIpc) is 3.40. The molecule has 2 aromatic heterocycles. The molecule has 0 unspecified atom stereocenters. The molecule has 9 nitrogen and oxygen atoms in total. The summed E-state index contributed by atoms with van der Waals surface area (Å²) in [5, 5.41) is 4.69. The lowest BCUT2D eigenvalue weighted by molar-refractivity contribution is -0.132. The Balaban J connectivity index is 1.40. The van der Waals surface area contributed by atoms with Crippen molar-refractivity contribution in [2.45, 2.75) is 33.4 Å². The number of nitrogens with zero attached hydrogens (tertiary/aromatic N) is 6. The first kappa shape index (κ1) is 23.2. The third kappa shape index (κ3) is 4.43. The molecule has 0 saturated carbocycles. The number of rotatable bonds is 5. The van der Waals surface area contributed by atoms with Crippen LogP contribution in [0.4, 0.5) is 5.69 Å². The highest BCUT2D eigenvalue weighted by molar-refractivity contribution is 6.30. The third-order valence-electron chi connectivity index (χ3n) is 6.38. The number of amides is 1. The van der Waals surface area contributed by atoms with E-state index in [9.17, 15) is 9.59 Å². The van der Waals surface area contributed by atoms with Gasteiger partial charge < -0.3 is 14.3 Å². The molecule has 0 atom stereocenters. The van der Waals surface area contributed by atoms with E-state index in [2.05, 4.69) is 15.0 Å². The van der Waals surface area contributed by atoms with Gasteiger partial charge in [0.25, 0.3) is 0 Å². The maximum Gasteiger partial charge on any atom is 0.329 e. The molecule has 1 aliphatic rings. The Morgan fingerprint density at radius 1 is 1.06 bits per heavy atom. The summed E-state index contributed by atoms with van der Waals surface area (Å²) < 4.78 is 8.38. The molecule has 1 aliphatic heterocycles. The Morgan fingerprint density at radius 3 is 2.40 bits per heavy atom. The molecule has 5 rings (SSSR count). The molecular formula is C25H27ClN6O3. The SMILES string of the molecule is Cc1nc(-c2ccc3c(c2)n(CC(=O)N2CCN(c4ccc(Cl)cc4)CC2)c(=O)n3C(C)C)no1. The minimum atomic E-state index is -0.204. The fourth-order valence-corrected chi connectivity index (χ4v) is 4.71. The zero-order chi connectivity index (χ0) is 24.7. The number of aryl methyl sites for hydroxylation is 1. The van der Waals surface area contributed by atoms with Crippen LogP contribution in [-0.2, 0) is 11.3 Å². The van der Waals surface area contributed by atoms with Gasteiger partial charge in [0, 0.05) is 55.4 Å². The Bertz CT molecular complexity index is 1430. The standard InChI is InChI=1S/C25H27ClN6O3/c1-16(2)32-21-9-4-18(24-27-17(3)35-28-24)14-22(21)31(25(32)34)15-23(33)30-12-10-29(11-13-30)20-7-5-19(26)6-8-20/h4-9,14,16H,10-13,15H2,1-3H3. The van der Waals surface area contributed by atoms with Crippen LogP contribution >= 0.6 is 11.6 Å². The maximum absolute atomic E-state index is 13.4. The molecule has 0 bridgehead atoms. The summed E-state index contributed by atoms with van der Waals surface area (Å²) in [6.45, 7) is 8.24. The van der Waals surface area contributed by atoms with Crippen LogP contribution in [-0.4, -0.2) is 56.3 Å². The van der Waals surface area contributed by atoms with Crippen molar-refractivity contribution < 1.29 is 9.32 Å². The summed E-state index contributed by atoms with van der Waals surface area (Å²) >= 11 is 6.00. The number of anilines is 1. The van der Waals surface area contributed by atoms with Crippen molar-refractivity contribution >= 4 is 34.2 Å². The zero-order valence-electron chi connectivity index (χ0n) is 19.9. The predicted molar refractivity (Wildman–Crippen MR) is 135 cm³/mol. The van der Waals surface area contributed by atoms with Crippen LogP contribution in [0.25, 0.3) is 22.4 Å². The quantitative estimate of drug-likeness (QED) is 0.420. The van der Waals surface area contributed by atoms with Gasteiger partial charge in [0.15, 0.2) is 0 Å². The number of benzene rings is 2. The van der Waals surface area contributed by atoms with Gasteiger partial charge in [-0.1, -0.05) is 16.8 Å². The van der Waals surface area contributed by atoms with Gasteiger partial charge in [-0.25, -0.2) is 4.79 Å². The van der Waals surface area contributed by atoms with E-state index < -0.39 is 0 Å². The van der Waals surface area contributed by atoms with Crippen LogP contribution < -0.4 is 10.6 Å². The lowest BCUT2D eigenvalue weighted by Gasteiger charge is -2.36. The third-order valence-corrected chi connectivity index (χ3v) is 6.63. The van der Waals surface area contributed by atoms with E-state index >= 15 is 0 Å². The van der Waals surface area contributed by atoms with E-state index in [1.807, 2.05) is 61.2 Å². The fourth-order valence-electron chi connectivity index (χ4n) is 4.59. The highest BCUT2D eigenvalue weighted by Gasteiger charge is 2.24. The molecule has 0 N–H and O–H groups in total. The smallest absolute Gasteiger partial charge is 0.329 e. The summed E-state index contributed by atoms with van der Waals surface area (Å²) in [6, 6.07) is 13.3. The summed E-state index contributed by atoms with van der Waals surface area (Å²) in [5.74, 6) is 0.835. The molecule has 0 spiro atoms. The van der Waals surface area contributed by atoms with Crippen molar-refractivity contribution in [1.82, 2.24) is 24.2 Å². The first-order valence-corrected chi connectivity index (χ1v) is 12.0. The van der Waals surface area contributed by atoms with Crippen molar-refractivity contribution in [2.75, 3.05) is 31.1 Å². The minimum absolute atomic E-state index is 0.0231. The Morgan fingerprint density at radius 2 is 1.77 bits per heavy atom. The Hall–Kier alpha value is -3.59. The van der Waals surface area contributed by atoms with Gasteiger partial charge in [0.05, 0.1) is 11.0 Å². The molecule has 0 radical (unpaired) electrons. The lowest BCUT2D eigenvalue weighted by atomic mass is 10.2. The molecule has 1 saturated heterocycles. The molecule has 182 valence electrons.